The first kappa shape index (κ1) is 28.3. The number of hydrogen-bond donors (Lipinski definition) is 3. The monoisotopic (exact) mass is 555 g/mol. The van der Waals surface area contributed by atoms with Crippen molar-refractivity contribution in [3.05, 3.63) is 59.3 Å². The van der Waals surface area contributed by atoms with Crippen LogP contribution >= 0.6 is 0 Å². The van der Waals surface area contributed by atoms with E-state index in [0.29, 0.717) is 47.7 Å². The van der Waals surface area contributed by atoms with Crippen molar-refractivity contribution in [2.45, 2.75) is 58.4 Å². The Bertz CT molecular complexity index is 1500. The van der Waals surface area contributed by atoms with E-state index in [0.717, 1.165) is 23.7 Å². The van der Waals surface area contributed by atoms with E-state index < -0.39 is 16.2 Å². The molecule has 0 saturated heterocycles. The first-order valence-corrected chi connectivity index (χ1v) is 14.4. The number of benzene rings is 2. The summed E-state index contributed by atoms with van der Waals surface area (Å²) >= 11 is 0. The van der Waals surface area contributed by atoms with E-state index in [1.165, 1.54) is 36.8 Å². The van der Waals surface area contributed by atoms with Gasteiger partial charge in [0.1, 0.15) is 5.75 Å². The molecule has 2 aromatic carbocycles. The lowest BCUT2D eigenvalue weighted by atomic mass is 10.0. The molecule has 0 bridgehead atoms. The SMILES string of the molecule is CCCC(=O)c1cn(Cc2ccc(C(=O)NS(=O)(=O)O)cc2OC)c2cc(NC(=O)CC3CCCC3)ccc12. The van der Waals surface area contributed by atoms with Crippen molar-refractivity contribution in [1.29, 1.82) is 0 Å². The van der Waals surface area contributed by atoms with Crippen LogP contribution in [0.2, 0.25) is 0 Å². The fourth-order valence-corrected chi connectivity index (χ4v) is 5.50. The van der Waals surface area contributed by atoms with Gasteiger partial charge < -0.3 is 14.6 Å². The fraction of sp³-hybridized carbons (Fsp3) is 0.393. The molecule has 1 fully saturated rings. The number of nitrogens with one attached hydrogen (secondary N) is 2. The number of ether oxygens (including phenoxy) is 1. The van der Waals surface area contributed by atoms with Crippen molar-refractivity contribution in [2.75, 3.05) is 12.4 Å². The quantitative estimate of drug-likeness (QED) is 0.229. The molecular formula is C28H33N3O7S. The predicted molar refractivity (Wildman–Crippen MR) is 147 cm³/mol. The topological polar surface area (TPSA) is 144 Å². The fourth-order valence-electron chi connectivity index (χ4n) is 5.15. The lowest BCUT2D eigenvalue weighted by Gasteiger charge is -2.13. The van der Waals surface area contributed by atoms with Gasteiger partial charge in [-0.3, -0.25) is 18.9 Å². The summed E-state index contributed by atoms with van der Waals surface area (Å²) in [5, 5.41) is 3.77. The second-order valence-corrected chi connectivity index (χ2v) is 11.1. The van der Waals surface area contributed by atoms with Crippen LogP contribution in [0.3, 0.4) is 0 Å². The molecule has 4 rings (SSSR count). The number of Topliss-reactive ketones (excluding diaryl/α,β-unsaturated/α-hetero) is 1. The van der Waals surface area contributed by atoms with Gasteiger partial charge in [0.2, 0.25) is 5.91 Å². The first-order chi connectivity index (χ1) is 18.6. The second-order valence-electron chi connectivity index (χ2n) is 9.91. The maximum absolute atomic E-state index is 12.9. The average molecular weight is 556 g/mol. The van der Waals surface area contributed by atoms with Gasteiger partial charge in [-0.05, 0) is 49.4 Å². The third-order valence-corrected chi connectivity index (χ3v) is 7.45. The van der Waals surface area contributed by atoms with E-state index in [1.807, 2.05) is 29.7 Å². The number of carbonyl (C=O) groups excluding carboxylic acids is 3. The molecule has 0 unspecified atom stereocenters. The predicted octanol–water partition coefficient (Wildman–Crippen LogP) is 4.73. The summed E-state index contributed by atoms with van der Waals surface area (Å²) in [6.07, 6.45) is 7.89. The zero-order valence-electron chi connectivity index (χ0n) is 22.0. The third kappa shape index (κ3) is 7.04. The van der Waals surface area contributed by atoms with Gasteiger partial charge in [0.25, 0.3) is 5.91 Å². The number of amides is 2. The summed E-state index contributed by atoms with van der Waals surface area (Å²) in [6, 6.07) is 9.92. The van der Waals surface area contributed by atoms with Gasteiger partial charge in [0.05, 0.1) is 19.2 Å². The Hall–Kier alpha value is -3.70. The summed E-state index contributed by atoms with van der Waals surface area (Å²) < 4.78 is 39.8. The molecule has 10 nitrogen and oxygen atoms in total. The van der Waals surface area contributed by atoms with E-state index in [9.17, 15) is 22.8 Å². The molecule has 0 spiro atoms. The maximum Gasteiger partial charge on any atom is 0.359 e. The smallest absolute Gasteiger partial charge is 0.359 e. The van der Waals surface area contributed by atoms with Crippen LogP contribution in [0.4, 0.5) is 5.69 Å². The molecule has 1 aliphatic carbocycles. The van der Waals surface area contributed by atoms with Crippen molar-refractivity contribution in [2.24, 2.45) is 5.92 Å². The van der Waals surface area contributed by atoms with Gasteiger partial charge in [-0.25, -0.2) is 4.72 Å². The Morgan fingerprint density at radius 2 is 1.85 bits per heavy atom. The standard InChI is InChI=1S/C28H33N3O7S/c1-3-6-25(32)23-17-31(16-20-10-9-19(14-26(20)38-2)28(34)30-39(35,36)37)24-15-21(11-12-22(23)24)29-27(33)13-18-7-4-5-8-18/h9-12,14-15,17-18H,3-8,13,16H2,1-2H3,(H,29,33)(H,30,34)(H,35,36,37). The molecule has 39 heavy (non-hydrogen) atoms. The Morgan fingerprint density at radius 3 is 2.51 bits per heavy atom. The van der Waals surface area contributed by atoms with Crippen LogP contribution < -0.4 is 14.8 Å². The second kappa shape index (κ2) is 12.0. The minimum atomic E-state index is -4.71. The van der Waals surface area contributed by atoms with E-state index in [2.05, 4.69) is 5.32 Å². The summed E-state index contributed by atoms with van der Waals surface area (Å²) in [7, 11) is -3.29. The van der Waals surface area contributed by atoms with Crippen LogP contribution in [-0.4, -0.2) is 42.2 Å². The van der Waals surface area contributed by atoms with Crippen LogP contribution in [0, 0.1) is 5.92 Å². The van der Waals surface area contributed by atoms with Gasteiger partial charge in [0, 0.05) is 46.8 Å². The van der Waals surface area contributed by atoms with E-state index in [1.54, 1.807) is 12.3 Å². The van der Waals surface area contributed by atoms with Gasteiger partial charge in [-0.2, -0.15) is 8.42 Å². The number of methoxy groups -OCH3 is 1. The Labute approximate surface area is 227 Å². The van der Waals surface area contributed by atoms with Crippen molar-refractivity contribution in [1.82, 2.24) is 9.29 Å². The van der Waals surface area contributed by atoms with E-state index in [4.69, 9.17) is 9.29 Å². The Kier molecular flexibility index (Phi) is 8.71. The van der Waals surface area contributed by atoms with E-state index in [-0.39, 0.29) is 23.8 Å². The third-order valence-electron chi connectivity index (χ3n) is 7.00. The molecule has 3 aromatic rings. The van der Waals surface area contributed by atoms with Crippen LogP contribution in [0.15, 0.2) is 42.6 Å². The molecule has 0 radical (unpaired) electrons. The first-order valence-electron chi connectivity index (χ1n) is 13.0. The van der Waals surface area contributed by atoms with Gasteiger partial charge in [0.15, 0.2) is 5.78 Å². The minimum Gasteiger partial charge on any atom is -0.496 e. The highest BCUT2D eigenvalue weighted by atomic mass is 32.2. The van der Waals surface area contributed by atoms with Gasteiger partial charge >= 0.3 is 10.3 Å². The summed E-state index contributed by atoms with van der Waals surface area (Å²) in [6.45, 7) is 2.22. The number of hydrogen-bond acceptors (Lipinski definition) is 6. The van der Waals surface area contributed by atoms with Crippen molar-refractivity contribution >= 4 is 44.5 Å². The van der Waals surface area contributed by atoms with Crippen LogP contribution in [0.5, 0.6) is 5.75 Å². The van der Waals surface area contributed by atoms with Gasteiger partial charge in [-0.1, -0.05) is 31.9 Å². The molecule has 3 N–H and O–H groups in total. The highest BCUT2D eigenvalue weighted by molar-refractivity contribution is 7.84. The highest BCUT2D eigenvalue weighted by Gasteiger charge is 2.21. The summed E-state index contributed by atoms with van der Waals surface area (Å²) in [4.78, 5) is 37.7. The van der Waals surface area contributed by atoms with E-state index >= 15 is 0 Å². The Balaban J connectivity index is 1.66. The lowest BCUT2D eigenvalue weighted by molar-refractivity contribution is -0.117. The number of carbonyl (C=O) groups is 3. The normalized spacial score (nSPS) is 13.9. The summed E-state index contributed by atoms with van der Waals surface area (Å²) in [5.74, 6) is -0.266. The van der Waals surface area contributed by atoms with Crippen LogP contribution in [-0.2, 0) is 21.6 Å². The molecule has 208 valence electrons. The Morgan fingerprint density at radius 1 is 1.10 bits per heavy atom. The maximum atomic E-state index is 12.9. The number of nitrogens with zero attached hydrogens (tertiary/aromatic N) is 1. The molecule has 1 aliphatic rings. The number of rotatable bonds is 11. The number of fused-ring (bicyclic) bond motifs is 1. The molecule has 0 atom stereocenters. The molecule has 1 saturated carbocycles. The number of ketones is 1. The molecule has 1 heterocycles. The lowest BCUT2D eigenvalue weighted by Crippen LogP contribution is -2.29. The summed E-state index contributed by atoms with van der Waals surface area (Å²) in [5.41, 5.74) is 2.63. The van der Waals surface area contributed by atoms with Crippen molar-refractivity contribution < 1.29 is 32.1 Å². The number of aromatic nitrogens is 1. The number of anilines is 1. The zero-order valence-corrected chi connectivity index (χ0v) is 22.8. The minimum absolute atomic E-state index is 0.0170. The van der Waals surface area contributed by atoms with Gasteiger partial charge in [-0.15, -0.1) is 0 Å². The highest BCUT2D eigenvalue weighted by Crippen LogP contribution is 2.31. The molecule has 0 aliphatic heterocycles. The van der Waals surface area contributed by atoms with Crippen molar-refractivity contribution in [3.63, 3.8) is 0 Å². The van der Waals surface area contributed by atoms with Crippen LogP contribution in [0.25, 0.3) is 10.9 Å². The molecular weight excluding hydrogens is 522 g/mol. The van der Waals surface area contributed by atoms with Crippen molar-refractivity contribution in [3.8, 4) is 5.75 Å². The molecule has 2 amide bonds. The zero-order chi connectivity index (χ0) is 28.2. The largest absolute Gasteiger partial charge is 0.496 e. The average Bonchev–Trinajstić information content (AvgIpc) is 3.51. The van der Waals surface area contributed by atoms with Crippen LogP contribution in [0.1, 0.15) is 78.1 Å². The molecule has 1 aromatic heterocycles. The molecule has 11 heteroatoms.